The second-order valence-corrected chi connectivity index (χ2v) is 4.17. The maximum Gasteiger partial charge on any atom is 0.149 e. The molecule has 1 aromatic heterocycles. The molecule has 0 spiro atoms. The lowest BCUT2D eigenvalue weighted by Gasteiger charge is -2.18. The first kappa shape index (κ1) is 9.31. The summed E-state index contributed by atoms with van der Waals surface area (Å²) in [6.45, 7) is 6.56. The number of pyridine rings is 1. The van der Waals surface area contributed by atoms with Crippen molar-refractivity contribution in [2.75, 3.05) is 23.7 Å². The summed E-state index contributed by atoms with van der Waals surface area (Å²) < 4.78 is 0. The van der Waals surface area contributed by atoms with E-state index in [2.05, 4.69) is 35.5 Å². The fraction of sp³-hybridized carbons (Fsp3) is 0.545. The molecule has 3 heteroatoms. The zero-order chi connectivity index (χ0) is 9.97. The van der Waals surface area contributed by atoms with Crippen molar-refractivity contribution in [2.24, 2.45) is 11.8 Å². The van der Waals surface area contributed by atoms with E-state index in [0.717, 1.165) is 24.6 Å². The fourth-order valence-electron chi connectivity index (χ4n) is 1.70. The number of nitrogens with zero attached hydrogens (tertiary/aromatic N) is 1. The van der Waals surface area contributed by atoms with Crippen LogP contribution >= 0.6 is 0 Å². The first-order valence-corrected chi connectivity index (χ1v) is 5.20. The number of rotatable bonds is 1. The molecule has 2 N–H and O–H groups in total. The van der Waals surface area contributed by atoms with Crippen LogP contribution in [0.15, 0.2) is 18.3 Å². The predicted molar refractivity (Wildman–Crippen MR) is 59.5 cm³/mol. The van der Waals surface area contributed by atoms with E-state index in [0.29, 0.717) is 11.8 Å². The van der Waals surface area contributed by atoms with E-state index in [1.54, 1.807) is 0 Å². The van der Waals surface area contributed by atoms with Gasteiger partial charge in [0.15, 0.2) is 0 Å². The van der Waals surface area contributed by atoms with Crippen molar-refractivity contribution in [3.05, 3.63) is 18.3 Å². The number of aromatic nitrogens is 1. The largest absolute Gasteiger partial charge is 0.382 e. The van der Waals surface area contributed by atoms with E-state index in [1.807, 2.05) is 12.3 Å². The van der Waals surface area contributed by atoms with Gasteiger partial charge in [-0.3, -0.25) is 0 Å². The SMILES string of the molecule is CC(C)C1CNc2cccnc2NC1. The van der Waals surface area contributed by atoms with E-state index in [-0.39, 0.29) is 0 Å². The summed E-state index contributed by atoms with van der Waals surface area (Å²) in [6.07, 6.45) is 1.82. The van der Waals surface area contributed by atoms with Crippen molar-refractivity contribution in [3.63, 3.8) is 0 Å². The molecule has 14 heavy (non-hydrogen) atoms. The second-order valence-electron chi connectivity index (χ2n) is 4.17. The zero-order valence-corrected chi connectivity index (χ0v) is 8.75. The van der Waals surface area contributed by atoms with Gasteiger partial charge in [0.2, 0.25) is 0 Å². The van der Waals surface area contributed by atoms with Crippen molar-refractivity contribution >= 4 is 11.5 Å². The van der Waals surface area contributed by atoms with Gasteiger partial charge in [-0.05, 0) is 24.0 Å². The van der Waals surface area contributed by atoms with Gasteiger partial charge in [0, 0.05) is 19.3 Å². The Morgan fingerprint density at radius 3 is 2.93 bits per heavy atom. The topological polar surface area (TPSA) is 37.0 Å². The van der Waals surface area contributed by atoms with Crippen LogP contribution in [-0.4, -0.2) is 18.1 Å². The van der Waals surface area contributed by atoms with Crippen molar-refractivity contribution in [2.45, 2.75) is 13.8 Å². The quantitative estimate of drug-likeness (QED) is 0.714. The highest BCUT2D eigenvalue weighted by molar-refractivity contribution is 5.64. The Kier molecular flexibility index (Phi) is 2.57. The Hall–Kier alpha value is -1.25. The Morgan fingerprint density at radius 2 is 2.14 bits per heavy atom. The lowest BCUT2D eigenvalue weighted by atomic mass is 9.96. The van der Waals surface area contributed by atoms with Gasteiger partial charge >= 0.3 is 0 Å². The monoisotopic (exact) mass is 191 g/mol. The Labute approximate surface area is 84.9 Å². The van der Waals surface area contributed by atoms with Gasteiger partial charge in [0.25, 0.3) is 0 Å². The summed E-state index contributed by atoms with van der Waals surface area (Å²) in [7, 11) is 0. The molecule has 0 aromatic carbocycles. The highest BCUT2D eigenvalue weighted by Crippen LogP contribution is 2.23. The van der Waals surface area contributed by atoms with Crippen LogP contribution in [0.5, 0.6) is 0 Å². The zero-order valence-electron chi connectivity index (χ0n) is 8.75. The van der Waals surface area contributed by atoms with Crippen LogP contribution in [0.1, 0.15) is 13.8 Å². The lowest BCUT2D eigenvalue weighted by Crippen LogP contribution is -2.23. The summed E-state index contributed by atoms with van der Waals surface area (Å²) in [5.74, 6) is 2.35. The summed E-state index contributed by atoms with van der Waals surface area (Å²) in [6, 6.07) is 4.03. The molecule has 1 aliphatic heterocycles. The van der Waals surface area contributed by atoms with Crippen molar-refractivity contribution in [3.8, 4) is 0 Å². The van der Waals surface area contributed by atoms with Crippen molar-refractivity contribution in [1.82, 2.24) is 4.98 Å². The average molecular weight is 191 g/mol. The van der Waals surface area contributed by atoms with Crippen LogP contribution in [0.2, 0.25) is 0 Å². The number of hydrogen-bond donors (Lipinski definition) is 2. The van der Waals surface area contributed by atoms with E-state index in [9.17, 15) is 0 Å². The van der Waals surface area contributed by atoms with Gasteiger partial charge in [0.1, 0.15) is 5.82 Å². The van der Waals surface area contributed by atoms with Crippen LogP contribution in [0.4, 0.5) is 11.5 Å². The van der Waals surface area contributed by atoms with Crippen molar-refractivity contribution < 1.29 is 0 Å². The lowest BCUT2D eigenvalue weighted by molar-refractivity contribution is 0.426. The standard InChI is InChI=1S/C11H17N3/c1-8(2)9-6-13-10-4-3-5-12-11(10)14-7-9/h3-5,8-9,13H,6-7H2,1-2H3,(H,12,14). The molecule has 0 aliphatic carbocycles. The Bertz CT molecular complexity index is 282. The molecule has 0 saturated heterocycles. The Morgan fingerprint density at radius 1 is 1.36 bits per heavy atom. The molecule has 0 fully saturated rings. The average Bonchev–Trinajstić information content (AvgIpc) is 2.39. The molecule has 0 radical (unpaired) electrons. The summed E-state index contributed by atoms with van der Waals surface area (Å²) >= 11 is 0. The molecule has 1 aliphatic rings. The summed E-state index contributed by atoms with van der Waals surface area (Å²) in [4.78, 5) is 4.30. The first-order chi connectivity index (χ1) is 6.77. The number of nitrogens with one attached hydrogen (secondary N) is 2. The highest BCUT2D eigenvalue weighted by atomic mass is 15.1. The third-order valence-corrected chi connectivity index (χ3v) is 2.84. The van der Waals surface area contributed by atoms with Gasteiger partial charge in [-0.1, -0.05) is 13.8 Å². The molecular weight excluding hydrogens is 174 g/mol. The number of fused-ring (bicyclic) bond motifs is 1. The molecule has 76 valence electrons. The van der Waals surface area contributed by atoms with E-state index >= 15 is 0 Å². The molecule has 0 amide bonds. The van der Waals surface area contributed by atoms with Crippen LogP contribution < -0.4 is 10.6 Å². The van der Waals surface area contributed by atoms with Crippen LogP contribution in [0.25, 0.3) is 0 Å². The molecule has 2 rings (SSSR count). The molecular formula is C11H17N3. The summed E-state index contributed by atoms with van der Waals surface area (Å²) in [5, 5.41) is 6.81. The van der Waals surface area contributed by atoms with Crippen molar-refractivity contribution in [1.29, 1.82) is 0 Å². The molecule has 0 saturated carbocycles. The maximum atomic E-state index is 4.30. The molecule has 3 nitrogen and oxygen atoms in total. The van der Waals surface area contributed by atoms with Crippen LogP contribution in [0.3, 0.4) is 0 Å². The minimum absolute atomic E-state index is 0.671. The van der Waals surface area contributed by atoms with E-state index in [1.165, 1.54) is 0 Å². The normalized spacial score (nSPS) is 20.6. The Balaban J connectivity index is 2.14. The van der Waals surface area contributed by atoms with Gasteiger partial charge in [0.05, 0.1) is 5.69 Å². The molecule has 1 unspecified atom stereocenters. The minimum Gasteiger partial charge on any atom is -0.382 e. The van der Waals surface area contributed by atoms with E-state index in [4.69, 9.17) is 0 Å². The first-order valence-electron chi connectivity index (χ1n) is 5.20. The predicted octanol–water partition coefficient (Wildman–Crippen LogP) is 2.19. The second kappa shape index (κ2) is 3.86. The number of anilines is 2. The van der Waals surface area contributed by atoms with Gasteiger partial charge < -0.3 is 10.6 Å². The summed E-state index contributed by atoms with van der Waals surface area (Å²) in [5.41, 5.74) is 1.12. The highest BCUT2D eigenvalue weighted by Gasteiger charge is 2.17. The van der Waals surface area contributed by atoms with Gasteiger partial charge in [-0.25, -0.2) is 4.98 Å². The van der Waals surface area contributed by atoms with Gasteiger partial charge in [-0.2, -0.15) is 0 Å². The van der Waals surface area contributed by atoms with Crippen LogP contribution in [0, 0.1) is 11.8 Å². The third kappa shape index (κ3) is 1.81. The molecule has 1 atom stereocenters. The van der Waals surface area contributed by atoms with Crippen LogP contribution in [-0.2, 0) is 0 Å². The minimum atomic E-state index is 0.671. The molecule has 2 heterocycles. The smallest absolute Gasteiger partial charge is 0.149 e. The van der Waals surface area contributed by atoms with Gasteiger partial charge in [-0.15, -0.1) is 0 Å². The molecule has 0 bridgehead atoms. The third-order valence-electron chi connectivity index (χ3n) is 2.84. The van der Waals surface area contributed by atoms with E-state index < -0.39 is 0 Å². The number of hydrogen-bond acceptors (Lipinski definition) is 3. The maximum absolute atomic E-state index is 4.30. The molecule has 1 aromatic rings. The fourth-order valence-corrected chi connectivity index (χ4v) is 1.70.